The number of aliphatic hydroxyl groups excluding tert-OH is 1. The molecule has 0 saturated heterocycles. The molecule has 2 nitrogen and oxygen atoms in total. The smallest absolute Gasteiger partial charge is 0.125 e. The van der Waals surface area contributed by atoms with Crippen molar-refractivity contribution >= 4 is 11.6 Å². The largest absolute Gasteiger partial charge is 0.493 e. The fourth-order valence-electron chi connectivity index (χ4n) is 2.07. The zero-order valence-corrected chi connectivity index (χ0v) is 9.77. The van der Waals surface area contributed by atoms with E-state index in [1.54, 1.807) is 0 Å². The third-order valence-corrected chi connectivity index (χ3v) is 3.49. The highest BCUT2D eigenvalue weighted by Gasteiger charge is 2.22. The van der Waals surface area contributed by atoms with Gasteiger partial charge in [0.1, 0.15) is 5.75 Å². The zero-order chi connectivity index (χ0) is 11.0. The first-order valence-corrected chi connectivity index (χ1v) is 5.59. The highest BCUT2D eigenvalue weighted by atomic mass is 35.5. The Kier molecular flexibility index (Phi) is 2.89. The van der Waals surface area contributed by atoms with Crippen molar-refractivity contribution in [3.8, 4) is 5.75 Å². The summed E-state index contributed by atoms with van der Waals surface area (Å²) in [4.78, 5) is 0. The molecule has 0 spiro atoms. The van der Waals surface area contributed by atoms with Crippen LogP contribution in [0.25, 0.3) is 0 Å². The molecule has 1 aromatic carbocycles. The third-order valence-electron chi connectivity index (χ3n) is 2.91. The maximum Gasteiger partial charge on any atom is 0.125 e. The van der Waals surface area contributed by atoms with Crippen molar-refractivity contribution in [2.24, 2.45) is 0 Å². The standard InChI is InChI=1S/C12H15ClO2/c1-7-6-10-11(8(2)12(7)13)9(14)4-3-5-15-10/h6,9,14H,3-5H2,1-2H3/t9-/m1/s1. The summed E-state index contributed by atoms with van der Waals surface area (Å²) in [5, 5.41) is 10.7. The number of aliphatic hydroxyl groups is 1. The van der Waals surface area contributed by atoms with Crippen molar-refractivity contribution in [3.63, 3.8) is 0 Å². The van der Waals surface area contributed by atoms with E-state index in [0.29, 0.717) is 6.61 Å². The first kappa shape index (κ1) is 10.8. The maximum atomic E-state index is 10.00. The summed E-state index contributed by atoms with van der Waals surface area (Å²) in [6, 6.07) is 1.92. The van der Waals surface area contributed by atoms with Gasteiger partial charge in [-0.25, -0.2) is 0 Å². The van der Waals surface area contributed by atoms with Crippen molar-refractivity contribution in [2.75, 3.05) is 6.61 Å². The second-order valence-corrected chi connectivity index (χ2v) is 4.43. The Labute approximate surface area is 94.8 Å². The van der Waals surface area contributed by atoms with E-state index in [9.17, 15) is 5.11 Å². The minimum absolute atomic E-state index is 0.444. The minimum Gasteiger partial charge on any atom is -0.493 e. The van der Waals surface area contributed by atoms with Crippen molar-refractivity contribution in [3.05, 3.63) is 27.8 Å². The van der Waals surface area contributed by atoms with Gasteiger partial charge in [-0.2, -0.15) is 0 Å². The molecule has 0 aliphatic carbocycles. The average Bonchev–Trinajstić information content (AvgIpc) is 2.37. The molecule has 0 amide bonds. The van der Waals surface area contributed by atoms with Crippen LogP contribution >= 0.6 is 11.6 Å². The quantitative estimate of drug-likeness (QED) is 0.737. The second-order valence-electron chi connectivity index (χ2n) is 4.05. The number of ether oxygens (including phenoxy) is 1. The molecule has 0 radical (unpaired) electrons. The Bertz CT molecular complexity index is 388. The summed E-state index contributed by atoms with van der Waals surface area (Å²) >= 11 is 6.17. The van der Waals surface area contributed by atoms with Crippen molar-refractivity contribution in [1.82, 2.24) is 0 Å². The van der Waals surface area contributed by atoms with Crippen molar-refractivity contribution in [1.29, 1.82) is 0 Å². The summed E-state index contributed by atoms with van der Waals surface area (Å²) in [7, 11) is 0. The lowest BCUT2D eigenvalue weighted by Gasteiger charge is -2.16. The Morgan fingerprint density at radius 3 is 2.93 bits per heavy atom. The molecule has 0 unspecified atom stereocenters. The van der Waals surface area contributed by atoms with Crippen LogP contribution in [0.3, 0.4) is 0 Å². The van der Waals surface area contributed by atoms with Crippen LogP contribution in [0.2, 0.25) is 5.02 Å². The van der Waals surface area contributed by atoms with E-state index in [2.05, 4.69) is 0 Å². The van der Waals surface area contributed by atoms with Crippen LogP contribution in [0.15, 0.2) is 6.07 Å². The summed E-state index contributed by atoms with van der Waals surface area (Å²) in [6.07, 6.45) is 1.18. The van der Waals surface area contributed by atoms with E-state index in [4.69, 9.17) is 16.3 Å². The fraction of sp³-hybridized carbons (Fsp3) is 0.500. The van der Waals surface area contributed by atoms with Crippen LogP contribution in [0, 0.1) is 13.8 Å². The predicted molar refractivity (Wildman–Crippen MR) is 60.6 cm³/mol. The molecular weight excluding hydrogens is 212 g/mol. The molecule has 1 aliphatic rings. The first-order valence-electron chi connectivity index (χ1n) is 5.21. The van der Waals surface area contributed by atoms with Crippen LogP contribution in [-0.4, -0.2) is 11.7 Å². The third kappa shape index (κ3) is 1.84. The Morgan fingerprint density at radius 2 is 2.20 bits per heavy atom. The van der Waals surface area contributed by atoms with Gasteiger partial charge >= 0.3 is 0 Å². The number of benzene rings is 1. The maximum absolute atomic E-state index is 10.00. The number of hydrogen-bond donors (Lipinski definition) is 1. The van der Waals surface area contributed by atoms with Crippen molar-refractivity contribution in [2.45, 2.75) is 32.8 Å². The summed E-state index contributed by atoms with van der Waals surface area (Å²) in [6.45, 7) is 4.56. The van der Waals surface area contributed by atoms with Gasteiger partial charge in [0.15, 0.2) is 0 Å². The fourth-order valence-corrected chi connectivity index (χ4v) is 2.23. The number of halogens is 1. The van der Waals surface area contributed by atoms with Crippen molar-refractivity contribution < 1.29 is 9.84 Å². The molecule has 1 aliphatic heterocycles. The molecular formula is C12H15ClO2. The lowest BCUT2D eigenvalue weighted by molar-refractivity contribution is 0.167. The Balaban J connectivity index is 2.61. The van der Waals surface area contributed by atoms with Crippen LogP contribution in [0.1, 0.15) is 35.6 Å². The molecule has 1 aromatic rings. The molecule has 0 aromatic heterocycles. The summed E-state index contributed by atoms with van der Waals surface area (Å²) in [5.74, 6) is 0.791. The SMILES string of the molecule is Cc1cc2c(c(C)c1Cl)[C@H](O)CCCO2. The molecule has 82 valence electrons. The van der Waals surface area contributed by atoms with Gasteiger partial charge in [-0.15, -0.1) is 0 Å². The highest BCUT2D eigenvalue weighted by molar-refractivity contribution is 6.32. The van der Waals surface area contributed by atoms with Crippen LogP contribution in [0.5, 0.6) is 5.75 Å². The monoisotopic (exact) mass is 226 g/mol. The molecule has 1 heterocycles. The van der Waals surface area contributed by atoms with E-state index < -0.39 is 6.10 Å². The molecule has 0 saturated carbocycles. The Morgan fingerprint density at radius 1 is 1.47 bits per heavy atom. The van der Waals surface area contributed by atoms with E-state index in [1.807, 2.05) is 19.9 Å². The number of hydrogen-bond acceptors (Lipinski definition) is 2. The average molecular weight is 227 g/mol. The van der Waals surface area contributed by atoms with E-state index in [0.717, 1.165) is 40.3 Å². The zero-order valence-electron chi connectivity index (χ0n) is 9.01. The first-order chi connectivity index (χ1) is 7.11. The number of fused-ring (bicyclic) bond motifs is 1. The van der Waals surface area contributed by atoms with E-state index in [1.165, 1.54) is 0 Å². The second kappa shape index (κ2) is 4.03. The van der Waals surface area contributed by atoms with E-state index >= 15 is 0 Å². The van der Waals surface area contributed by atoms with Gasteiger partial charge in [-0.05, 0) is 43.9 Å². The molecule has 3 heteroatoms. The van der Waals surface area contributed by atoms with Crippen LogP contribution in [0.4, 0.5) is 0 Å². The minimum atomic E-state index is -0.444. The molecule has 0 fully saturated rings. The molecule has 1 N–H and O–H groups in total. The number of rotatable bonds is 0. The van der Waals surface area contributed by atoms with Gasteiger partial charge < -0.3 is 9.84 Å². The van der Waals surface area contributed by atoms with Gasteiger partial charge in [0.25, 0.3) is 0 Å². The van der Waals surface area contributed by atoms with Gasteiger partial charge in [0.05, 0.1) is 12.7 Å². The Hall–Kier alpha value is -0.730. The molecule has 2 rings (SSSR count). The predicted octanol–water partition coefficient (Wildman–Crippen LogP) is 3.16. The lowest BCUT2D eigenvalue weighted by Crippen LogP contribution is -2.01. The van der Waals surface area contributed by atoms with Gasteiger partial charge in [-0.1, -0.05) is 11.6 Å². The summed E-state index contributed by atoms with van der Waals surface area (Å²) < 4.78 is 5.62. The molecule has 1 atom stereocenters. The van der Waals surface area contributed by atoms with Crippen LogP contribution in [-0.2, 0) is 0 Å². The molecule has 15 heavy (non-hydrogen) atoms. The van der Waals surface area contributed by atoms with Gasteiger partial charge in [0.2, 0.25) is 0 Å². The number of aryl methyl sites for hydroxylation is 1. The van der Waals surface area contributed by atoms with E-state index in [-0.39, 0.29) is 0 Å². The van der Waals surface area contributed by atoms with Gasteiger partial charge in [0, 0.05) is 10.6 Å². The van der Waals surface area contributed by atoms with Crippen LogP contribution < -0.4 is 4.74 Å². The normalized spacial score (nSPS) is 20.4. The molecule has 0 bridgehead atoms. The highest BCUT2D eigenvalue weighted by Crippen LogP contribution is 2.38. The topological polar surface area (TPSA) is 29.5 Å². The summed E-state index contributed by atoms with van der Waals surface area (Å²) in [5.41, 5.74) is 2.81. The lowest BCUT2D eigenvalue weighted by atomic mass is 9.98. The van der Waals surface area contributed by atoms with Gasteiger partial charge in [-0.3, -0.25) is 0 Å².